The number of rotatable bonds is 7. The summed E-state index contributed by atoms with van der Waals surface area (Å²) >= 11 is 0. The van der Waals surface area contributed by atoms with Crippen LogP contribution in [0.15, 0.2) is 30.3 Å². The van der Waals surface area contributed by atoms with Crippen molar-refractivity contribution in [2.45, 2.75) is 33.0 Å². The van der Waals surface area contributed by atoms with E-state index in [0.717, 1.165) is 5.56 Å². The molecule has 5 heteroatoms. The van der Waals surface area contributed by atoms with Gasteiger partial charge in [-0.15, -0.1) is 0 Å². The van der Waals surface area contributed by atoms with Crippen molar-refractivity contribution in [3.63, 3.8) is 0 Å². The molecule has 0 saturated heterocycles. The van der Waals surface area contributed by atoms with Crippen LogP contribution in [0.5, 0.6) is 0 Å². The summed E-state index contributed by atoms with van der Waals surface area (Å²) in [6, 6.07) is 9.42. The van der Waals surface area contributed by atoms with Gasteiger partial charge in [0, 0.05) is 0 Å². The molecular weight excluding hydrogens is 244 g/mol. The molecule has 0 aromatic heterocycles. The molecule has 0 aliphatic rings. The molecular formula is C14H20N2O3. The van der Waals surface area contributed by atoms with Crippen LogP contribution in [0.3, 0.4) is 0 Å². The number of carbonyl (C=O) groups is 2. The molecule has 0 bridgehead atoms. The molecule has 1 atom stereocenters. The van der Waals surface area contributed by atoms with Crippen molar-refractivity contribution in [1.82, 2.24) is 10.6 Å². The predicted molar refractivity (Wildman–Crippen MR) is 72.2 cm³/mol. The van der Waals surface area contributed by atoms with Gasteiger partial charge in [0.15, 0.2) is 0 Å². The molecule has 1 rings (SSSR count). The van der Waals surface area contributed by atoms with Crippen molar-refractivity contribution in [3.8, 4) is 0 Å². The first-order chi connectivity index (χ1) is 9.11. The van der Waals surface area contributed by atoms with Crippen molar-refractivity contribution >= 4 is 12.5 Å². The second-order valence-electron chi connectivity index (χ2n) is 4.67. The van der Waals surface area contributed by atoms with E-state index in [1.54, 1.807) is 0 Å². The molecule has 1 aromatic rings. The zero-order chi connectivity index (χ0) is 14.1. The minimum atomic E-state index is -0.538. The van der Waals surface area contributed by atoms with Gasteiger partial charge in [-0.3, -0.25) is 4.79 Å². The Kier molecular flexibility index (Phi) is 6.43. The monoisotopic (exact) mass is 264 g/mol. The summed E-state index contributed by atoms with van der Waals surface area (Å²) in [6.45, 7) is 4.23. The molecule has 5 nitrogen and oxygen atoms in total. The fraction of sp³-hybridized carbons (Fsp3) is 0.429. The molecule has 19 heavy (non-hydrogen) atoms. The first-order valence-electron chi connectivity index (χ1n) is 6.28. The van der Waals surface area contributed by atoms with Crippen LogP contribution in [0.4, 0.5) is 4.79 Å². The molecule has 0 saturated carbocycles. The molecule has 2 N–H and O–H groups in total. The molecule has 0 aliphatic carbocycles. The van der Waals surface area contributed by atoms with Gasteiger partial charge < -0.3 is 15.4 Å². The highest BCUT2D eigenvalue weighted by atomic mass is 16.5. The minimum absolute atomic E-state index is 0.210. The summed E-state index contributed by atoms with van der Waals surface area (Å²) in [5.74, 6) is 0.354. The third-order valence-corrected chi connectivity index (χ3v) is 2.48. The molecule has 104 valence electrons. The molecule has 0 spiro atoms. The van der Waals surface area contributed by atoms with E-state index in [-0.39, 0.29) is 6.61 Å². The van der Waals surface area contributed by atoms with Crippen LogP contribution in [0.1, 0.15) is 25.8 Å². The quantitative estimate of drug-likeness (QED) is 0.585. The molecule has 1 unspecified atom stereocenters. The number of nitrogens with one attached hydrogen (secondary N) is 2. The predicted octanol–water partition coefficient (Wildman–Crippen LogP) is 2.03. The first kappa shape index (κ1) is 15.0. The summed E-state index contributed by atoms with van der Waals surface area (Å²) in [7, 11) is 0. The van der Waals surface area contributed by atoms with E-state index in [0.29, 0.717) is 18.7 Å². The molecule has 0 aliphatic heterocycles. The maximum atomic E-state index is 11.6. The lowest BCUT2D eigenvalue weighted by atomic mass is 10.1. The number of hydrogen-bond donors (Lipinski definition) is 2. The average molecular weight is 264 g/mol. The van der Waals surface area contributed by atoms with E-state index >= 15 is 0 Å². The molecule has 2 amide bonds. The number of ether oxygens (including phenoxy) is 1. The van der Waals surface area contributed by atoms with Crippen LogP contribution in [-0.2, 0) is 16.1 Å². The van der Waals surface area contributed by atoms with Gasteiger partial charge in [0.05, 0.1) is 0 Å². The van der Waals surface area contributed by atoms with Crippen LogP contribution < -0.4 is 10.6 Å². The van der Waals surface area contributed by atoms with Gasteiger partial charge in [0.2, 0.25) is 6.41 Å². The summed E-state index contributed by atoms with van der Waals surface area (Å²) in [4.78, 5) is 22.0. The summed E-state index contributed by atoms with van der Waals surface area (Å²) in [5, 5.41) is 5.17. The van der Waals surface area contributed by atoms with Gasteiger partial charge in [0.25, 0.3) is 0 Å². The molecule has 0 fully saturated rings. The number of hydrogen-bond acceptors (Lipinski definition) is 3. The third-order valence-electron chi connectivity index (χ3n) is 2.48. The second kappa shape index (κ2) is 8.13. The Bertz CT molecular complexity index is 393. The number of amides is 2. The van der Waals surface area contributed by atoms with Crippen molar-refractivity contribution in [2.24, 2.45) is 5.92 Å². The maximum Gasteiger partial charge on any atom is 0.409 e. The van der Waals surface area contributed by atoms with Crippen molar-refractivity contribution < 1.29 is 14.3 Å². The Morgan fingerprint density at radius 2 is 2.00 bits per heavy atom. The van der Waals surface area contributed by atoms with Crippen molar-refractivity contribution in [3.05, 3.63) is 35.9 Å². The summed E-state index contributed by atoms with van der Waals surface area (Å²) in [5.41, 5.74) is 0.918. The van der Waals surface area contributed by atoms with Crippen LogP contribution in [0.25, 0.3) is 0 Å². The van der Waals surface area contributed by atoms with E-state index in [2.05, 4.69) is 10.6 Å². The highest BCUT2D eigenvalue weighted by Gasteiger charge is 2.13. The molecule has 0 radical (unpaired) electrons. The van der Waals surface area contributed by atoms with Gasteiger partial charge in [-0.2, -0.15) is 0 Å². The normalized spacial score (nSPS) is 11.7. The lowest BCUT2D eigenvalue weighted by Crippen LogP contribution is -2.45. The van der Waals surface area contributed by atoms with Crippen LogP contribution >= 0.6 is 0 Å². The number of benzene rings is 1. The highest BCUT2D eigenvalue weighted by Crippen LogP contribution is 2.04. The maximum absolute atomic E-state index is 11.6. The first-order valence-corrected chi connectivity index (χ1v) is 6.28. The van der Waals surface area contributed by atoms with Crippen LogP contribution in [-0.4, -0.2) is 18.7 Å². The van der Waals surface area contributed by atoms with Crippen molar-refractivity contribution in [2.75, 3.05) is 0 Å². The average Bonchev–Trinajstić information content (AvgIpc) is 2.37. The molecule has 0 heterocycles. The van der Waals surface area contributed by atoms with E-state index < -0.39 is 12.3 Å². The van der Waals surface area contributed by atoms with Crippen molar-refractivity contribution in [1.29, 1.82) is 0 Å². The number of carbonyl (C=O) groups excluding carboxylic acids is 2. The second-order valence-corrected chi connectivity index (χ2v) is 4.67. The Hall–Kier alpha value is -2.04. The smallest absolute Gasteiger partial charge is 0.409 e. The lowest BCUT2D eigenvalue weighted by Gasteiger charge is -2.19. The van der Waals surface area contributed by atoms with Gasteiger partial charge in [-0.1, -0.05) is 44.2 Å². The summed E-state index contributed by atoms with van der Waals surface area (Å²) < 4.78 is 5.08. The van der Waals surface area contributed by atoms with E-state index in [4.69, 9.17) is 4.74 Å². The fourth-order valence-corrected chi connectivity index (χ4v) is 1.63. The topological polar surface area (TPSA) is 67.4 Å². The van der Waals surface area contributed by atoms with Gasteiger partial charge in [-0.25, -0.2) is 4.79 Å². The largest absolute Gasteiger partial charge is 0.445 e. The standard InChI is InChI=1S/C14H20N2O3/c1-11(2)8-13(15-10-17)16-14(18)19-9-12-6-4-3-5-7-12/h3-7,10-11,13H,8-9H2,1-2H3,(H,15,17)(H,16,18). The van der Waals surface area contributed by atoms with E-state index in [1.165, 1.54) is 0 Å². The Morgan fingerprint density at radius 1 is 1.32 bits per heavy atom. The molecule has 1 aromatic carbocycles. The Balaban J connectivity index is 2.37. The van der Waals surface area contributed by atoms with Gasteiger partial charge in [-0.05, 0) is 17.9 Å². The van der Waals surface area contributed by atoms with Crippen LogP contribution in [0.2, 0.25) is 0 Å². The van der Waals surface area contributed by atoms with Gasteiger partial charge >= 0.3 is 6.09 Å². The van der Waals surface area contributed by atoms with E-state index in [9.17, 15) is 9.59 Å². The SMILES string of the molecule is CC(C)CC(NC=O)NC(=O)OCc1ccccc1. The fourth-order valence-electron chi connectivity index (χ4n) is 1.63. The van der Waals surface area contributed by atoms with Crippen LogP contribution in [0, 0.1) is 5.92 Å². The summed E-state index contributed by atoms with van der Waals surface area (Å²) in [6.07, 6.45) is 0.286. The Morgan fingerprint density at radius 3 is 2.58 bits per heavy atom. The minimum Gasteiger partial charge on any atom is -0.445 e. The zero-order valence-electron chi connectivity index (χ0n) is 11.3. The lowest BCUT2D eigenvalue weighted by molar-refractivity contribution is -0.110. The zero-order valence-corrected chi connectivity index (χ0v) is 11.3. The van der Waals surface area contributed by atoms with Gasteiger partial charge in [0.1, 0.15) is 12.8 Å². The number of alkyl carbamates (subject to hydrolysis) is 1. The Labute approximate surface area is 113 Å². The third kappa shape index (κ3) is 6.45. The highest BCUT2D eigenvalue weighted by molar-refractivity contribution is 5.68. The van der Waals surface area contributed by atoms with E-state index in [1.807, 2.05) is 44.2 Å².